The highest BCUT2D eigenvalue weighted by Crippen LogP contribution is 2.48. The predicted molar refractivity (Wildman–Crippen MR) is 126 cm³/mol. The number of hydrogen-bond donors (Lipinski definition) is 2. The van der Waals surface area contributed by atoms with Crippen LogP contribution in [0.1, 0.15) is 53.2 Å². The summed E-state index contributed by atoms with van der Waals surface area (Å²) in [7, 11) is 0. The van der Waals surface area contributed by atoms with E-state index >= 15 is 0 Å². The van der Waals surface area contributed by atoms with Gasteiger partial charge in [-0.25, -0.2) is 0 Å². The van der Waals surface area contributed by atoms with E-state index in [-0.39, 0.29) is 11.4 Å². The number of benzene rings is 2. The van der Waals surface area contributed by atoms with Crippen LogP contribution in [0, 0.1) is 18.8 Å². The number of hydrogen-bond acceptors (Lipinski definition) is 4. The zero-order valence-corrected chi connectivity index (χ0v) is 18.5. The molecule has 1 saturated heterocycles. The molecule has 1 atom stereocenters. The number of carbonyl (C=O) groups excluding carboxylic acids is 1. The number of pyridine rings is 1. The quantitative estimate of drug-likeness (QED) is 0.585. The number of nitrogens with zero attached hydrogens (tertiary/aromatic N) is 1. The molecular formula is C27H27N3O2. The maximum atomic E-state index is 13.4. The van der Waals surface area contributed by atoms with Crippen molar-refractivity contribution in [1.29, 1.82) is 0 Å². The first kappa shape index (κ1) is 20.5. The van der Waals surface area contributed by atoms with Crippen molar-refractivity contribution in [3.8, 4) is 17.6 Å². The minimum absolute atomic E-state index is 0.0729. The highest BCUT2D eigenvalue weighted by Gasteiger charge is 2.47. The van der Waals surface area contributed by atoms with Gasteiger partial charge in [0.2, 0.25) is 0 Å². The third-order valence-electron chi connectivity index (χ3n) is 6.44. The summed E-state index contributed by atoms with van der Waals surface area (Å²) in [5, 5.41) is 7.73. The predicted octanol–water partition coefficient (Wildman–Crippen LogP) is 4.07. The summed E-state index contributed by atoms with van der Waals surface area (Å²) >= 11 is 0. The highest BCUT2D eigenvalue weighted by molar-refractivity contribution is 5.97. The van der Waals surface area contributed by atoms with E-state index in [2.05, 4.69) is 39.6 Å². The minimum Gasteiger partial charge on any atom is -0.492 e. The number of aryl methyl sites for hydroxylation is 1. The third kappa shape index (κ3) is 3.94. The average molecular weight is 426 g/mol. The summed E-state index contributed by atoms with van der Waals surface area (Å²) < 4.78 is 5.92. The lowest BCUT2D eigenvalue weighted by molar-refractivity contribution is 0.0930. The molecule has 0 unspecified atom stereocenters. The van der Waals surface area contributed by atoms with Crippen LogP contribution in [-0.4, -0.2) is 30.1 Å². The van der Waals surface area contributed by atoms with Crippen molar-refractivity contribution >= 4 is 16.8 Å². The van der Waals surface area contributed by atoms with Crippen molar-refractivity contribution in [3.05, 3.63) is 70.9 Å². The molecule has 1 aliphatic carbocycles. The average Bonchev–Trinajstić information content (AvgIpc) is 3.53. The molecule has 2 fully saturated rings. The van der Waals surface area contributed by atoms with Crippen LogP contribution in [-0.2, 0) is 5.54 Å². The number of carbonyl (C=O) groups is 1. The highest BCUT2D eigenvalue weighted by atomic mass is 16.5. The van der Waals surface area contributed by atoms with Gasteiger partial charge in [0, 0.05) is 28.8 Å². The maximum absolute atomic E-state index is 13.4. The molecule has 1 saturated carbocycles. The van der Waals surface area contributed by atoms with Gasteiger partial charge in [0.25, 0.3) is 5.91 Å². The van der Waals surface area contributed by atoms with Gasteiger partial charge in [0.15, 0.2) is 0 Å². The van der Waals surface area contributed by atoms with Crippen molar-refractivity contribution < 1.29 is 9.53 Å². The Morgan fingerprint density at radius 2 is 2.12 bits per heavy atom. The van der Waals surface area contributed by atoms with Crippen LogP contribution < -0.4 is 15.4 Å². The maximum Gasteiger partial charge on any atom is 0.252 e. The lowest BCUT2D eigenvalue weighted by atomic mass is 9.95. The lowest BCUT2D eigenvalue weighted by Gasteiger charge is -2.27. The summed E-state index contributed by atoms with van der Waals surface area (Å²) in [6.45, 7) is 5.46. The first-order chi connectivity index (χ1) is 15.6. The fourth-order valence-electron chi connectivity index (χ4n) is 4.29. The summed E-state index contributed by atoms with van der Waals surface area (Å²) in [4.78, 5) is 17.9. The molecule has 5 nitrogen and oxygen atoms in total. The Bertz CT molecular complexity index is 1250. The fourth-order valence-corrected chi connectivity index (χ4v) is 4.29. The summed E-state index contributed by atoms with van der Waals surface area (Å²) in [6.07, 6.45) is 4.72. The summed E-state index contributed by atoms with van der Waals surface area (Å²) in [5.74, 6) is 6.78. The van der Waals surface area contributed by atoms with Crippen molar-refractivity contribution in [2.75, 3.05) is 13.2 Å². The minimum atomic E-state index is -0.386. The summed E-state index contributed by atoms with van der Waals surface area (Å²) in [6, 6.07) is 14.3. The molecule has 2 N–H and O–H groups in total. The van der Waals surface area contributed by atoms with Crippen molar-refractivity contribution in [2.24, 2.45) is 0 Å². The van der Waals surface area contributed by atoms with Gasteiger partial charge in [-0.3, -0.25) is 9.78 Å². The van der Waals surface area contributed by atoms with E-state index < -0.39 is 0 Å². The Morgan fingerprint density at radius 3 is 2.84 bits per heavy atom. The molecular weight excluding hydrogens is 398 g/mol. The molecule has 0 spiro atoms. The van der Waals surface area contributed by atoms with Crippen LogP contribution in [0.3, 0.4) is 0 Å². The molecule has 3 aromatic rings. The zero-order chi connectivity index (χ0) is 22.1. The molecule has 1 aromatic heterocycles. The number of rotatable bonds is 6. The summed E-state index contributed by atoms with van der Waals surface area (Å²) in [5.41, 5.74) is 4.12. The Kier molecular flexibility index (Phi) is 5.32. The van der Waals surface area contributed by atoms with Crippen LogP contribution in [0.25, 0.3) is 10.9 Å². The van der Waals surface area contributed by atoms with Crippen LogP contribution in [0.5, 0.6) is 5.75 Å². The van der Waals surface area contributed by atoms with Crippen LogP contribution >= 0.6 is 0 Å². The van der Waals surface area contributed by atoms with Gasteiger partial charge in [-0.05, 0) is 81.1 Å². The van der Waals surface area contributed by atoms with E-state index in [1.54, 1.807) is 6.20 Å². The van der Waals surface area contributed by atoms with Crippen molar-refractivity contribution in [1.82, 2.24) is 15.6 Å². The van der Waals surface area contributed by atoms with E-state index in [0.29, 0.717) is 18.2 Å². The van der Waals surface area contributed by atoms with Gasteiger partial charge in [0.1, 0.15) is 12.4 Å². The van der Waals surface area contributed by atoms with Crippen LogP contribution in [0.2, 0.25) is 0 Å². The topological polar surface area (TPSA) is 63.2 Å². The van der Waals surface area contributed by atoms with E-state index in [1.165, 1.54) is 0 Å². The largest absolute Gasteiger partial charge is 0.492 e. The van der Waals surface area contributed by atoms with Crippen LogP contribution in [0.15, 0.2) is 48.7 Å². The van der Waals surface area contributed by atoms with Gasteiger partial charge in [-0.15, -0.1) is 5.92 Å². The molecule has 5 heteroatoms. The molecule has 0 bridgehead atoms. The number of fused-ring (bicyclic) bond motifs is 1. The fraction of sp³-hybridized carbons (Fsp3) is 0.333. The van der Waals surface area contributed by atoms with Gasteiger partial charge < -0.3 is 15.4 Å². The monoisotopic (exact) mass is 425 g/mol. The van der Waals surface area contributed by atoms with Crippen LogP contribution in [0.4, 0.5) is 0 Å². The molecule has 162 valence electrons. The van der Waals surface area contributed by atoms with E-state index in [9.17, 15) is 4.79 Å². The molecule has 2 aromatic carbocycles. The van der Waals surface area contributed by atoms with Gasteiger partial charge in [-0.1, -0.05) is 18.1 Å². The number of nitrogens with one attached hydrogen (secondary N) is 2. The molecule has 1 aliphatic heterocycles. The normalized spacial score (nSPS) is 18.2. The molecule has 5 rings (SSSR count). The van der Waals surface area contributed by atoms with E-state index in [0.717, 1.165) is 59.2 Å². The lowest BCUT2D eigenvalue weighted by Crippen LogP contribution is -2.46. The SMILES string of the molecule is CC#Cc1cc(C2(NC(=O)c3cc(OC[C@@H]4CCN4)ccc3C)CC2)c2cccnc2c1. The molecule has 2 aliphatic rings. The smallest absolute Gasteiger partial charge is 0.252 e. The first-order valence-corrected chi connectivity index (χ1v) is 11.2. The molecule has 1 amide bonds. The second-order valence-electron chi connectivity index (χ2n) is 8.73. The van der Waals surface area contributed by atoms with Gasteiger partial charge >= 0.3 is 0 Å². The van der Waals surface area contributed by atoms with Gasteiger partial charge in [0.05, 0.1) is 11.1 Å². The standard InChI is InChI=1S/C27H27N3O2/c1-3-5-19-14-24(22-6-4-12-29-25(22)15-19)27(10-11-27)30-26(31)23-16-21(8-7-18(23)2)32-17-20-9-13-28-20/h4,6-8,12,14-16,20,28H,9-11,13,17H2,1-2H3,(H,30,31)/t20-/m0/s1. The Labute approximate surface area is 188 Å². The Hall–Kier alpha value is -3.36. The van der Waals surface area contributed by atoms with E-state index in [1.807, 2.05) is 44.2 Å². The second kappa shape index (κ2) is 8.29. The van der Waals surface area contributed by atoms with Crippen molar-refractivity contribution in [3.63, 3.8) is 0 Å². The molecule has 32 heavy (non-hydrogen) atoms. The zero-order valence-electron chi connectivity index (χ0n) is 18.5. The second-order valence-corrected chi connectivity index (χ2v) is 8.73. The van der Waals surface area contributed by atoms with Crippen molar-refractivity contribution in [2.45, 2.75) is 44.7 Å². The number of amides is 1. The number of aromatic nitrogens is 1. The van der Waals surface area contributed by atoms with Gasteiger partial charge in [-0.2, -0.15) is 0 Å². The number of ether oxygens (including phenoxy) is 1. The van der Waals surface area contributed by atoms with E-state index in [4.69, 9.17) is 4.74 Å². The molecule has 2 heterocycles. The Balaban J connectivity index is 1.43. The Morgan fingerprint density at radius 1 is 1.28 bits per heavy atom. The molecule has 0 radical (unpaired) electrons. The first-order valence-electron chi connectivity index (χ1n) is 11.2. The third-order valence-corrected chi connectivity index (χ3v) is 6.44.